The lowest BCUT2D eigenvalue weighted by molar-refractivity contribution is 0.664. The third-order valence-electron chi connectivity index (χ3n) is 2.66. The maximum Gasteiger partial charge on any atom is 0.0346 e. The fourth-order valence-electron chi connectivity index (χ4n) is 1.79. The van der Waals surface area contributed by atoms with Crippen LogP contribution in [-0.2, 0) is 17.3 Å². The van der Waals surface area contributed by atoms with Crippen molar-refractivity contribution in [2.24, 2.45) is 0 Å². The molecule has 0 radical (unpaired) electrons. The first-order chi connectivity index (χ1) is 8.27. The molecule has 0 saturated heterocycles. The molecule has 0 aliphatic carbocycles. The summed E-state index contributed by atoms with van der Waals surface area (Å²) in [7, 11) is -0.666. The Morgan fingerprint density at radius 2 is 2.18 bits per heavy atom. The number of thiophene rings is 1. The summed E-state index contributed by atoms with van der Waals surface area (Å²) < 4.78 is 12.2. The molecule has 0 fully saturated rings. The summed E-state index contributed by atoms with van der Waals surface area (Å²) in [5.74, 6) is 0.789. The van der Waals surface area contributed by atoms with E-state index >= 15 is 0 Å². The molecule has 1 atom stereocenters. The molecule has 17 heavy (non-hydrogen) atoms. The van der Waals surface area contributed by atoms with Crippen molar-refractivity contribution in [2.75, 3.05) is 18.6 Å². The van der Waals surface area contributed by atoms with Gasteiger partial charge in [-0.25, -0.2) is 0 Å². The highest BCUT2D eigenvalue weighted by Crippen LogP contribution is 2.25. The summed E-state index contributed by atoms with van der Waals surface area (Å²) in [6.45, 7) is 1.84. The maximum absolute atomic E-state index is 10.9. The van der Waals surface area contributed by atoms with Crippen LogP contribution in [0.2, 0.25) is 0 Å². The molecule has 0 aliphatic rings. The van der Waals surface area contributed by atoms with Gasteiger partial charge in [-0.2, -0.15) is 0 Å². The topological polar surface area (TPSA) is 29.1 Å². The van der Waals surface area contributed by atoms with E-state index in [0.717, 1.165) is 25.3 Å². The molecule has 1 unspecified atom stereocenters. The van der Waals surface area contributed by atoms with Gasteiger partial charge in [0, 0.05) is 34.1 Å². The van der Waals surface area contributed by atoms with E-state index in [4.69, 9.17) is 0 Å². The molecule has 2 rings (SSSR count). The van der Waals surface area contributed by atoms with Crippen molar-refractivity contribution in [1.82, 2.24) is 5.32 Å². The number of nitrogens with one attached hydrogen (secondary N) is 1. The smallest absolute Gasteiger partial charge is 0.0346 e. The Hall–Kier alpha value is -0.710. The molecule has 0 spiro atoms. The van der Waals surface area contributed by atoms with Gasteiger partial charge in [0.15, 0.2) is 0 Å². The summed E-state index contributed by atoms with van der Waals surface area (Å²) in [5.41, 5.74) is 1.36. The van der Waals surface area contributed by atoms with Crippen LogP contribution in [-0.4, -0.2) is 22.8 Å². The van der Waals surface area contributed by atoms with Gasteiger partial charge in [0.1, 0.15) is 0 Å². The normalized spacial score (nSPS) is 13.0. The van der Waals surface area contributed by atoms with E-state index < -0.39 is 10.8 Å². The molecule has 4 heteroatoms. The molecular formula is C13H17NOS2. The SMILES string of the molecule is CS(=O)CCCNCc1csc2ccccc12. The average molecular weight is 267 g/mol. The van der Waals surface area contributed by atoms with Crippen molar-refractivity contribution < 1.29 is 4.21 Å². The van der Waals surface area contributed by atoms with Crippen LogP contribution in [0.15, 0.2) is 29.6 Å². The predicted octanol–water partition coefficient (Wildman–Crippen LogP) is 2.76. The largest absolute Gasteiger partial charge is 0.313 e. The van der Waals surface area contributed by atoms with Crippen LogP contribution >= 0.6 is 11.3 Å². The van der Waals surface area contributed by atoms with Crippen molar-refractivity contribution in [1.29, 1.82) is 0 Å². The second-order valence-corrected chi connectivity index (χ2v) is 6.53. The Balaban J connectivity index is 1.85. The van der Waals surface area contributed by atoms with E-state index in [2.05, 4.69) is 35.0 Å². The Morgan fingerprint density at radius 3 is 3.00 bits per heavy atom. The molecule has 2 aromatic rings. The second-order valence-electron chi connectivity index (χ2n) is 4.06. The van der Waals surface area contributed by atoms with Gasteiger partial charge < -0.3 is 5.32 Å². The minimum atomic E-state index is -0.666. The average Bonchev–Trinajstić information content (AvgIpc) is 2.72. The van der Waals surface area contributed by atoms with Gasteiger partial charge in [0.2, 0.25) is 0 Å². The van der Waals surface area contributed by atoms with Crippen molar-refractivity contribution >= 4 is 32.2 Å². The molecule has 1 aromatic carbocycles. The lowest BCUT2D eigenvalue weighted by Gasteiger charge is -2.03. The van der Waals surface area contributed by atoms with Gasteiger partial charge in [0.05, 0.1) is 0 Å². The van der Waals surface area contributed by atoms with E-state index in [1.165, 1.54) is 15.6 Å². The molecule has 92 valence electrons. The molecular weight excluding hydrogens is 250 g/mol. The van der Waals surface area contributed by atoms with E-state index in [-0.39, 0.29) is 0 Å². The summed E-state index contributed by atoms with van der Waals surface area (Å²) in [6, 6.07) is 8.49. The molecule has 2 nitrogen and oxygen atoms in total. The van der Waals surface area contributed by atoms with E-state index in [1.54, 1.807) is 17.6 Å². The van der Waals surface area contributed by atoms with Crippen LogP contribution in [0.25, 0.3) is 10.1 Å². The van der Waals surface area contributed by atoms with Crippen LogP contribution in [0.5, 0.6) is 0 Å². The highest BCUT2D eigenvalue weighted by Gasteiger charge is 2.02. The minimum absolute atomic E-state index is 0.666. The highest BCUT2D eigenvalue weighted by molar-refractivity contribution is 7.84. The minimum Gasteiger partial charge on any atom is -0.313 e. The first-order valence-corrected chi connectivity index (χ1v) is 8.34. The third kappa shape index (κ3) is 3.63. The van der Waals surface area contributed by atoms with E-state index in [9.17, 15) is 4.21 Å². The Labute approximate surface area is 109 Å². The number of rotatable bonds is 6. The van der Waals surface area contributed by atoms with Gasteiger partial charge in [-0.1, -0.05) is 18.2 Å². The monoisotopic (exact) mass is 267 g/mol. The molecule has 1 N–H and O–H groups in total. The van der Waals surface area contributed by atoms with Gasteiger partial charge in [-0.3, -0.25) is 4.21 Å². The molecule has 0 amide bonds. The summed E-state index contributed by atoms with van der Waals surface area (Å²) in [6.07, 6.45) is 2.73. The van der Waals surface area contributed by atoms with E-state index in [1.807, 2.05) is 0 Å². The molecule has 0 bridgehead atoms. The van der Waals surface area contributed by atoms with Gasteiger partial charge in [0.25, 0.3) is 0 Å². The van der Waals surface area contributed by atoms with Crippen LogP contribution in [0, 0.1) is 0 Å². The summed E-state index contributed by atoms with van der Waals surface area (Å²) in [5, 5.41) is 6.98. The zero-order valence-corrected chi connectivity index (χ0v) is 11.6. The molecule has 1 heterocycles. The zero-order chi connectivity index (χ0) is 12.1. The number of hydrogen-bond acceptors (Lipinski definition) is 3. The van der Waals surface area contributed by atoms with Crippen molar-refractivity contribution in [3.05, 3.63) is 35.2 Å². The number of hydrogen-bond donors (Lipinski definition) is 1. The molecule has 1 aromatic heterocycles. The first kappa shape index (κ1) is 12.7. The van der Waals surface area contributed by atoms with E-state index in [0.29, 0.717) is 0 Å². The predicted molar refractivity (Wildman–Crippen MR) is 77.1 cm³/mol. The fourth-order valence-corrected chi connectivity index (χ4v) is 3.31. The van der Waals surface area contributed by atoms with Crippen molar-refractivity contribution in [2.45, 2.75) is 13.0 Å². The lowest BCUT2D eigenvalue weighted by Crippen LogP contribution is -2.16. The zero-order valence-electron chi connectivity index (χ0n) is 9.94. The quantitative estimate of drug-likeness (QED) is 0.815. The lowest BCUT2D eigenvalue weighted by atomic mass is 10.2. The van der Waals surface area contributed by atoms with Gasteiger partial charge in [-0.05, 0) is 35.4 Å². The number of fused-ring (bicyclic) bond motifs is 1. The standard InChI is InChI=1S/C13H17NOS2/c1-17(15)8-4-7-14-9-11-10-16-13-6-3-2-5-12(11)13/h2-3,5-6,10,14H,4,7-9H2,1H3. The first-order valence-electron chi connectivity index (χ1n) is 5.73. The summed E-state index contributed by atoms with van der Waals surface area (Å²) >= 11 is 1.79. The second kappa shape index (κ2) is 6.28. The Bertz CT molecular complexity index is 507. The summed E-state index contributed by atoms with van der Waals surface area (Å²) in [4.78, 5) is 0. The fraction of sp³-hybridized carbons (Fsp3) is 0.385. The highest BCUT2D eigenvalue weighted by atomic mass is 32.2. The number of benzene rings is 1. The van der Waals surface area contributed by atoms with Gasteiger partial charge >= 0.3 is 0 Å². The van der Waals surface area contributed by atoms with Crippen LogP contribution < -0.4 is 5.32 Å². The van der Waals surface area contributed by atoms with Crippen molar-refractivity contribution in [3.63, 3.8) is 0 Å². The molecule has 0 saturated carbocycles. The molecule has 0 aliphatic heterocycles. The maximum atomic E-state index is 10.9. The van der Waals surface area contributed by atoms with Crippen LogP contribution in [0.4, 0.5) is 0 Å². The Kier molecular flexibility index (Phi) is 4.71. The van der Waals surface area contributed by atoms with Crippen LogP contribution in [0.1, 0.15) is 12.0 Å². The van der Waals surface area contributed by atoms with Crippen LogP contribution in [0.3, 0.4) is 0 Å². The Morgan fingerprint density at radius 1 is 1.35 bits per heavy atom. The third-order valence-corrected chi connectivity index (χ3v) is 4.54. The van der Waals surface area contributed by atoms with Crippen molar-refractivity contribution in [3.8, 4) is 0 Å². The van der Waals surface area contributed by atoms with Gasteiger partial charge in [-0.15, -0.1) is 11.3 Å².